The average Bonchev–Trinajstić information content (AvgIpc) is 2.39. The topological polar surface area (TPSA) is 24.5 Å². The number of ether oxygens (including phenoxy) is 1. The number of benzene rings is 1. The van der Waals surface area contributed by atoms with Gasteiger partial charge in [-0.05, 0) is 43.8 Å². The van der Waals surface area contributed by atoms with E-state index < -0.39 is 5.72 Å². The van der Waals surface area contributed by atoms with Crippen LogP contribution < -0.4 is 10.1 Å². The lowest BCUT2D eigenvalue weighted by molar-refractivity contribution is -0.0685. The Labute approximate surface area is 124 Å². The SMILES string of the molecule is CCCCN1C(=S)NC2CC1(C)Oc1ccc(F)cc12. The van der Waals surface area contributed by atoms with E-state index in [1.165, 1.54) is 12.1 Å². The van der Waals surface area contributed by atoms with Crippen molar-refractivity contribution in [2.45, 2.75) is 44.9 Å². The van der Waals surface area contributed by atoms with Gasteiger partial charge in [-0.25, -0.2) is 4.39 Å². The lowest BCUT2D eigenvalue weighted by Gasteiger charge is -2.52. The minimum atomic E-state index is -0.438. The summed E-state index contributed by atoms with van der Waals surface area (Å²) in [5.74, 6) is 0.513. The molecule has 108 valence electrons. The molecule has 1 N–H and O–H groups in total. The van der Waals surface area contributed by atoms with Crippen molar-refractivity contribution in [3.63, 3.8) is 0 Å². The molecule has 1 fully saturated rings. The highest BCUT2D eigenvalue weighted by molar-refractivity contribution is 7.80. The molecule has 3 rings (SSSR count). The fourth-order valence-corrected chi connectivity index (χ4v) is 3.47. The first-order valence-corrected chi connectivity index (χ1v) is 7.51. The Morgan fingerprint density at radius 1 is 1.55 bits per heavy atom. The molecule has 1 aromatic carbocycles. The largest absolute Gasteiger partial charge is 0.468 e. The summed E-state index contributed by atoms with van der Waals surface area (Å²) in [7, 11) is 0. The fourth-order valence-electron chi connectivity index (χ4n) is 3.04. The molecule has 0 saturated carbocycles. The van der Waals surface area contributed by atoms with Gasteiger partial charge in [-0.1, -0.05) is 13.3 Å². The van der Waals surface area contributed by atoms with E-state index in [0.29, 0.717) is 5.11 Å². The Morgan fingerprint density at radius 2 is 2.35 bits per heavy atom. The molecule has 2 bridgehead atoms. The number of nitrogens with zero attached hydrogens (tertiary/aromatic N) is 1. The molecule has 0 aliphatic carbocycles. The van der Waals surface area contributed by atoms with Gasteiger partial charge in [-0.3, -0.25) is 0 Å². The molecule has 0 aromatic heterocycles. The number of rotatable bonds is 3. The van der Waals surface area contributed by atoms with E-state index in [9.17, 15) is 4.39 Å². The third-order valence-electron chi connectivity index (χ3n) is 4.11. The third-order valence-corrected chi connectivity index (χ3v) is 4.45. The van der Waals surface area contributed by atoms with Crippen LogP contribution in [-0.2, 0) is 0 Å². The van der Waals surface area contributed by atoms with Gasteiger partial charge in [-0.15, -0.1) is 0 Å². The molecule has 2 atom stereocenters. The van der Waals surface area contributed by atoms with Gasteiger partial charge < -0.3 is 15.0 Å². The van der Waals surface area contributed by atoms with Crippen LogP contribution in [0.15, 0.2) is 18.2 Å². The zero-order valence-electron chi connectivity index (χ0n) is 11.8. The van der Waals surface area contributed by atoms with E-state index >= 15 is 0 Å². The quantitative estimate of drug-likeness (QED) is 0.864. The lowest BCUT2D eigenvalue weighted by atomic mass is 9.90. The Balaban J connectivity index is 1.96. The minimum absolute atomic E-state index is 0.0322. The van der Waals surface area contributed by atoms with E-state index in [1.807, 2.05) is 0 Å². The lowest BCUT2D eigenvalue weighted by Crippen LogP contribution is -2.64. The van der Waals surface area contributed by atoms with Crippen LogP contribution in [-0.4, -0.2) is 22.3 Å². The predicted molar refractivity (Wildman–Crippen MR) is 80.1 cm³/mol. The van der Waals surface area contributed by atoms with Crippen molar-refractivity contribution in [1.82, 2.24) is 10.2 Å². The monoisotopic (exact) mass is 294 g/mol. The van der Waals surface area contributed by atoms with Gasteiger partial charge in [0, 0.05) is 18.5 Å². The highest BCUT2D eigenvalue weighted by atomic mass is 32.1. The smallest absolute Gasteiger partial charge is 0.184 e. The first kappa shape index (κ1) is 13.6. The Hall–Kier alpha value is -1.36. The molecule has 2 unspecified atom stereocenters. The summed E-state index contributed by atoms with van der Waals surface area (Å²) < 4.78 is 19.6. The second-order valence-corrected chi connectivity index (χ2v) is 6.06. The Kier molecular flexibility index (Phi) is 3.32. The number of unbranched alkanes of at least 4 members (excludes halogenated alkanes) is 1. The first-order valence-electron chi connectivity index (χ1n) is 7.10. The minimum Gasteiger partial charge on any atom is -0.468 e. The maximum absolute atomic E-state index is 13.4. The molecular formula is C15H19FN2OS. The molecule has 1 aromatic rings. The number of halogens is 1. The molecule has 0 amide bonds. The third kappa shape index (κ3) is 2.14. The summed E-state index contributed by atoms with van der Waals surface area (Å²) >= 11 is 5.47. The van der Waals surface area contributed by atoms with Crippen molar-refractivity contribution in [3.8, 4) is 5.75 Å². The summed E-state index contributed by atoms with van der Waals surface area (Å²) in [6.45, 7) is 5.10. The summed E-state index contributed by atoms with van der Waals surface area (Å²) in [5.41, 5.74) is 0.424. The highest BCUT2D eigenvalue weighted by Crippen LogP contribution is 2.44. The maximum atomic E-state index is 13.4. The molecule has 2 aliphatic heterocycles. The van der Waals surface area contributed by atoms with Crippen molar-refractivity contribution in [2.24, 2.45) is 0 Å². The van der Waals surface area contributed by atoms with E-state index in [-0.39, 0.29) is 11.9 Å². The van der Waals surface area contributed by atoms with Crippen LogP contribution in [0.3, 0.4) is 0 Å². The molecule has 0 radical (unpaired) electrons. The predicted octanol–water partition coefficient (Wildman–Crippen LogP) is 3.36. The van der Waals surface area contributed by atoms with Crippen LogP contribution in [0.25, 0.3) is 0 Å². The van der Waals surface area contributed by atoms with Crippen molar-refractivity contribution in [2.75, 3.05) is 6.54 Å². The van der Waals surface area contributed by atoms with Crippen molar-refractivity contribution < 1.29 is 9.13 Å². The number of nitrogens with one attached hydrogen (secondary N) is 1. The van der Waals surface area contributed by atoms with Crippen molar-refractivity contribution in [1.29, 1.82) is 0 Å². The van der Waals surface area contributed by atoms with Crippen LogP contribution >= 0.6 is 12.2 Å². The summed E-state index contributed by atoms with van der Waals surface area (Å²) in [6.07, 6.45) is 2.95. The number of thiocarbonyl (C=S) groups is 1. The fraction of sp³-hybridized carbons (Fsp3) is 0.533. The summed E-state index contributed by atoms with van der Waals surface area (Å²) in [6, 6.07) is 4.72. The first-order chi connectivity index (χ1) is 9.53. The van der Waals surface area contributed by atoms with E-state index in [2.05, 4.69) is 24.1 Å². The molecule has 3 nitrogen and oxygen atoms in total. The van der Waals surface area contributed by atoms with Gasteiger partial charge in [0.15, 0.2) is 10.8 Å². The van der Waals surface area contributed by atoms with Gasteiger partial charge in [0.25, 0.3) is 0 Å². The molecule has 0 spiro atoms. The second-order valence-electron chi connectivity index (χ2n) is 5.67. The molecule has 1 saturated heterocycles. The summed E-state index contributed by atoms with van der Waals surface area (Å²) in [5, 5.41) is 4.03. The van der Waals surface area contributed by atoms with Crippen LogP contribution in [0, 0.1) is 5.82 Å². The molecule has 2 heterocycles. The van der Waals surface area contributed by atoms with E-state index in [1.54, 1.807) is 6.07 Å². The van der Waals surface area contributed by atoms with Gasteiger partial charge in [-0.2, -0.15) is 0 Å². The second kappa shape index (κ2) is 4.88. The standard InChI is InChI=1S/C15H19FN2OS/c1-3-4-7-18-14(20)17-12-9-15(18,2)19-13-6-5-10(16)8-11(12)13/h5-6,8,12H,3-4,7,9H2,1-2H3,(H,17,20). The van der Waals surface area contributed by atoms with Gasteiger partial charge in [0.1, 0.15) is 11.6 Å². The molecule has 5 heteroatoms. The number of fused-ring (bicyclic) bond motifs is 4. The molecule has 20 heavy (non-hydrogen) atoms. The van der Waals surface area contributed by atoms with Crippen LogP contribution in [0.4, 0.5) is 4.39 Å². The van der Waals surface area contributed by atoms with Crippen molar-refractivity contribution >= 4 is 17.3 Å². The molecule has 2 aliphatic rings. The van der Waals surface area contributed by atoms with Crippen LogP contribution in [0.1, 0.15) is 44.7 Å². The maximum Gasteiger partial charge on any atom is 0.184 e. The van der Waals surface area contributed by atoms with Gasteiger partial charge >= 0.3 is 0 Å². The number of hydrogen-bond acceptors (Lipinski definition) is 2. The van der Waals surface area contributed by atoms with Crippen molar-refractivity contribution in [3.05, 3.63) is 29.6 Å². The average molecular weight is 294 g/mol. The zero-order chi connectivity index (χ0) is 14.3. The highest BCUT2D eigenvalue weighted by Gasteiger charge is 2.47. The van der Waals surface area contributed by atoms with Crippen LogP contribution in [0.2, 0.25) is 0 Å². The van der Waals surface area contributed by atoms with Gasteiger partial charge in [0.2, 0.25) is 0 Å². The van der Waals surface area contributed by atoms with E-state index in [4.69, 9.17) is 17.0 Å². The molecular weight excluding hydrogens is 275 g/mol. The Morgan fingerprint density at radius 3 is 3.10 bits per heavy atom. The zero-order valence-corrected chi connectivity index (χ0v) is 12.6. The van der Waals surface area contributed by atoms with Crippen LogP contribution in [0.5, 0.6) is 5.75 Å². The van der Waals surface area contributed by atoms with Gasteiger partial charge in [0.05, 0.1) is 6.04 Å². The summed E-state index contributed by atoms with van der Waals surface area (Å²) in [4.78, 5) is 2.12. The normalized spacial score (nSPS) is 27.6. The Bertz CT molecular complexity index is 551. The van der Waals surface area contributed by atoms with E-state index in [0.717, 1.165) is 37.1 Å². The number of hydrogen-bond donors (Lipinski definition) is 1.